The van der Waals surface area contributed by atoms with Crippen LogP contribution in [-0.2, 0) is 6.54 Å². The summed E-state index contributed by atoms with van der Waals surface area (Å²) in [4.78, 5) is 20.9. The van der Waals surface area contributed by atoms with Crippen LogP contribution in [0.15, 0.2) is 61.2 Å². The largest absolute Gasteiger partial charge is 0.365 e. The number of fused-ring (bicyclic) bond motifs is 1. The van der Waals surface area contributed by atoms with Crippen LogP contribution in [0.25, 0.3) is 11.2 Å². The number of imidazole rings is 1. The van der Waals surface area contributed by atoms with Crippen molar-refractivity contribution in [2.45, 2.75) is 45.3 Å². The van der Waals surface area contributed by atoms with Crippen LogP contribution in [0.4, 0.5) is 17.5 Å². The Kier molecular flexibility index (Phi) is 6.17. The van der Waals surface area contributed by atoms with Crippen molar-refractivity contribution in [2.24, 2.45) is 0 Å². The fourth-order valence-electron chi connectivity index (χ4n) is 4.29. The molecule has 4 heterocycles. The number of hydrogen-bond acceptors (Lipinski definition) is 7. The number of nitrogens with zero attached hydrogens (tertiary/aromatic N) is 6. The number of piperidine rings is 1. The van der Waals surface area contributed by atoms with Crippen LogP contribution < -0.4 is 10.6 Å². The third-order valence-electron chi connectivity index (χ3n) is 6.07. The molecule has 1 saturated heterocycles. The summed E-state index contributed by atoms with van der Waals surface area (Å²) in [5.74, 6) is 1.33. The molecular formula is C25H30N8. The van der Waals surface area contributed by atoms with Gasteiger partial charge in [-0.3, -0.25) is 9.88 Å². The predicted molar refractivity (Wildman–Crippen MR) is 132 cm³/mol. The van der Waals surface area contributed by atoms with E-state index in [9.17, 15) is 0 Å². The summed E-state index contributed by atoms with van der Waals surface area (Å²) >= 11 is 0. The molecule has 1 aliphatic rings. The Morgan fingerprint density at radius 2 is 1.85 bits per heavy atom. The van der Waals surface area contributed by atoms with Gasteiger partial charge in [0.2, 0.25) is 5.95 Å². The Bertz CT molecular complexity index is 1180. The maximum atomic E-state index is 4.80. The molecule has 8 heteroatoms. The smallest absolute Gasteiger partial charge is 0.231 e. The molecule has 0 unspecified atom stereocenters. The fourth-order valence-corrected chi connectivity index (χ4v) is 4.29. The number of aromatic nitrogens is 5. The highest BCUT2D eigenvalue weighted by molar-refractivity contribution is 5.85. The average Bonchev–Trinajstić information content (AvgIpc) is 3.26. The van der Waals surface area contributed by atoms with Crippen molar-refractivity contribution in [1.82, 2.24) is 29.4 Å². The minimum absolute atomic E-state index is 0.255. The first kappa shape index (κ1) is 21.3. The standard InChI is InChI=1S/C25H30N8/c1-18(2)33-17-27-22-23(30-25(31-24(22)33)29-21-9-6-12-26-15-21)28-20-10-13-32(14-11-20)16-19-7-4-3-5-8-19/h3-9,12,15,17-18,20H,10-11,13-14,16H2,1-2H3,(H2,28,29,30,31). The molecule has 4 aromatic rings. The molecule has 0 radical (unpaired) electrons. The van der Waals surface area contributed by atoms with Crippen molar-refractivity contribution in [1.29, 1.82) is 0 Å². The molecule has 0 atom stereocenters. The van der Waals surface area contributed by atoms with Crippen LogP contribution in [0.5, 0.6) is 0 Å². The molecule has 0 aliphatic carbocycles. The summed E-state index contributed by atoms with van der Waals surface area (Å²) in [6.45, 7) is 7.38. The van der Waals surface area contributed by atoms with Gasteiger partial charge in [-0.1, -0.05) is 30.3 Å². The Hall–Kier alpha value is -3.52. The molecule has 5 rings (SSSR count). The Balaban J connectivity index is 1.34. The summed E-state index contributed by atoms with van der Waals surface area (Å²) in [7, 11) is 0. The molecule has 2 N–H and O–H groups in total. The van der Waals surface area contributed by atoms with Gasteiger partial charge in [-0.25, -0.2) is 4.98 Å². The van der Waals surface area contributed by atoms with Gasteiger partial charge < -0.3 is 15.2 Å². The molecule has 1 aliphatic heterocycles. The third-order valence-corrected chi connectivity index (χ3v) is 6.07. The molecular weight excluding hydrogens is 412 g/mol. The van der Waals surface area contributed by atoms with Crippen LogP contribution >= 0.6 is 0 Å². The third kappa shape index (κ3) is 4.96. The lowest BCUT2D eigenvalue weighted by Gasteiger charge is -2.32. The van der Waals surface area contributed by atoms with Gasteiger partial charge in [0.15, 0.2) is 17.0 Å². The lowest BCUT2D eigenvalue weighted by molar-refractivity contribution is 0.211. The SMILES string of the molecule is CC(C)n1cnc2c(NC3CCN(Cc4ccccc4)CC3)nc(Nc3cccnc3)nc21. The Morgan fingerprint density at radius 1 is 1.03 bits per heavy atom. The maximum absolute atomic E-state index is 4.80. The fraction of sp³-hybridized carbons (Fsp3) is 0.360. The van der Waals surface area contributed by atoms with Gasteiger partial charge in [-0.15, -0.1) is 0 Å². The van der Waals surface area contributed by atoms with Crippen LogP contribution in [0.1, 0.15) is 38.3 Å². The van der Waals surface area contributed by atoms with E-state index in [1.165, 1.54) is 5.56 Å². The number of nitrogens with one attached hydrogen (secondary N) is 2. The van der Waals surface area contributed by atoms with E-state index in [1.54, 1.807) is 12.4 Å². The normalized spacial score (nSPS) is 15.2. The lowest BCUT2D eigenvalue weighted by atomic mass is 10.0. The Morgan fingerprint density at radius 3 is 2.58 bits per heavy atom. The van der Waals surface area contributed by atoms with E-state index in [0.29, 0.717) is 12.0 Å². The minimum Gasteiger partial charge on any atom is -0.365 e. The molecule has 33 heavy (non-hydrogen) atoms. The minimum atomic E-state index is 0.255. The van der Waals surface area contributed by atoms with Crippen molar-refractivity contribution < 1.29 is 0 Å². The molecule has 3 aromatic heterocycles. The number of pyridine rings is 1. The first-order valence-electron chi connectivity index (χ1n) is 11.6. The van der Waals surface area contributed by atoms with Crippen molar-refractivity contribution >= 4 is 28.6 Å². The summed E-state index contributed by atoms with van der Waals surface area (Å²) < 4.78 is 2.08. The zero-order valence-corrected chi connectivity index (χ0v) is 19.1. The van der Waals surface area contributed by atoms with Gasteiger partial charge in [0.05, 0.1) is 18.2 Å². The molecule has 1 fully saturated rings. The molecule has 0 bridgehead atoms. The molecule has 170 valence electrons. The van der Waals surface area contributed by atoms with Crippen LogP contribution in [0.3, 0.4) is 0 Å². The zero-order valence-electron chi connectivity index (χ0n) is 19.1. The first-order chi connectivity index (χ1) is 16.2. The molecule has 1 aromatic carbocycles. The van der Waals surface area contributed by atoms with E-state index >= 15 is 0 Å². The van der Waals surface area contributed by atoms with E-state index in [-0.39, 0.29) is 6.04 Å². The number of hydrogen-bond donors (Lipinski definition) is 2. The van der Waals surface area contributed by atoms with Crippen LogP contribution in [-0.4, -0.2) is 48.5 Å². The number of anilines is 3. The van der Waals surface area contributed by atoms with Crippen molar-refractivity contribution in [3.8, 4) is 0 Å². The molecule has 0 spiro atoms. The monoisotopic (exact) mass is 442 g/mol. The van der Waals surface area contributed by atoms with Gasteiger partial charge in [-0.2, -0.15) is 9.97 Å². The second-order valence-corrected chi connectivity index (χ2v) is 8.86. The van der Waals surface area contributed by atoms with Gasteiger partial charge in [0, 0.05) is 37.9 Å². The second-order valence-electron chi connectivity index (χ2n) is 8.86. The van der Waals surface area contributed by atoms with Crippen LogP contribution in [0.2, 0.25) is 0 Å². The summed E-state index contributed by atoms with van der Waals surface area (Å²) in [5.41, 5.74) is 3.86. The highest BCUT2D eigenvalue weighted by Gasteiger charge is 2.22. The summed E-state index contributed by atoms with van der Waals surface area (Å²) in [6.07, 6.45) is 7.50. The summed E-state index contributed by atoms with van der Waals surface area (Å²) in [5, 5.41) is 6.97. The van der Waals surface area contributed by atoms with E-state index in [4.69, 9.17) is 9.97 Å². The molecule has 0 saturated carbocycles. The van der Waals surface area contributed by atoms with E-state index < -0.39 is 0 Å². The molecule has 8 nitrogen and oxygen atoms in total. The number of rotatable bonds is 7. The van der Waals surface area contributed by atoms with Crippen molar-refractivity contribution in [3.05, 3.63) is 66.7 Å². The van der Waals surface area contributed by atoms with Gasteiger partial charge in [-0.05, 0) is 44.4 Å². The van der Waals surface area contributed by atoms with Gasteiger partial charge in [0.1, 0.15) is 0 Å². The highest BCUT2D eigenvalue weighted by Crippen LogP contribution is 2.27. The van der Waals surface area contributed by atoms with Crippen LogP contribution in [0, 0.1) is 0 Å². The van der Waals surface area contributed by atoms with E-state index in [1.807, 2.05) is 18.5 Å². The van der Waals surface area contributed by atoms with Gasteiger partial charge >= 0.3 is 0 Å². The Labute approximate surface area is 194 Å². The average molecular weight is 443 g/mol. The first-order valence-corrected chi connectivity index (χ1v) is 11.6. The zero-order chi connectivity index (χ0) is 22.6. The second kappa shape index (κ2) is 9.54. The topological polar surface area (TPSA) is 83.8 Å². The number of benzene rings is 1. The van der Waals surface area contributed by atoms with Crippen molar-refractivity contribution in [3.63, 3.8) is 0 Å². The van der Waals surface area contributed by atoms with Crippen molar-refractivity contribution in [2.75, 3.05) is 23.7 Å². The number of likely N-dealkylation sites (tertiary alicyclic amines) is 1. The predicted octanol–water partition coefficient (Wildman–Crippen LogP) is 4.62. The summed E-state index contributed by atoms with van der Waals surface area (Å²) in [6, 6.07) is 15.1. The van der Waals surface area contributed by atoms with E-state index in [0.717, 1.165) is 55.1 Å². The molecule has 0 amide bonds. The van der Waals surface area contributed by atoms with E-state index in [2.05, 4.69) is 74.2 Å². The van der Waals surface area contributed by atoms with Gasteiger partial charge in [0.25, 0.3) is 0 Å². The quantitative estimate of drug-likeness (QED) is 0.432. The lowest BCUT2D eigenvalue weighted by Crippen LogP contribution is -2.38. The highest BCUT2D eigenvalue weighted by atomic mass is 15.2. The maximum Gasteiger partial charge on any atom is 0.231 e.